The minimum absolute atomic E-state index is 0.568. The van der Waals surface area contributed by atoms with E-state index < -0.39 is 7.14 Å². The number of fused-ring (bicyclic) bond motifs is 12. The lowest BCUT2D eigenvalue weighted by molar-refractivity contribution is 0.592. The maximum atomic E-state index is 17.6. The summed E-state index contributed by atoms with van der Waals surface area (Å²) in [4.78, 5) is 15.5. The molecule has 5 heterocycles. The molecule has 7 heteroatoms. The lowest BCUT2D eigenvalue weighted by Gasteiger charge is -2.25. The monoisotopic (exact) mass is 769 g/mol. The van der Waals surface area contributed by atoms with Crippen molar-refractivity contribution in [1.82, 2.24) is 15.0 Å². The zero-order valence-corrected chi connectivity index (χ0v) is 32.2. The molecule has 0 saturated carbocycles. The first-order valence-electron chi connectivity index (χ1n) is 18.5. The topological polar surface area (TPSA) is 55.7 Å². The number of aromatic nitrogens is 3. The van der Waals surface area contributed by atoms with Gasteiger partial charge in [-0.1, -0.05) is 109 Å². The average molecular weight is 770 g/mol. The van der Waals surface area contributed by atoms with Crippen molar-refractivity contribution in [2.45, 2.75) is 0 Å². The van der Waals surface area contributed by atoms with E-state index in [0.29, 0.717) is 5.44 Å². The van der Waals surface area contributed by atoms with E-state index in [1.54, 1.807) is 22.7 Å². The zero-order chi connectivity index (χ0) is 37.0. The van der Waals surface area contributed by atoms with Gasteiger partial charge in [0.1, 0.15) is 5.44 Å². The summed E-state index contributed by atoms with van der Waals surface area (Å²) in [5.74, 6) is 0. The van der Waals surface area contributed by atoms with E-state index >= 15 is 4.57 Å². The van der Waals surface area contributed by atoms with Gasteiger partial charge in [0.15, 0.2) is 7.14 Å². The van der Waals surface area contributed by atoms with Gasteiger partial charge in [-0.15, -0.1) is 22.7 Å². The highest BCUT2D eigenvalue weighted by Crippen LogP contribution is 2.53. The molecule has 56 heavy (non-hydrogen) atoms. The highest BCUT2D eigenvalue weighted by molar-refractivity contribution is 7.86. The van der Waals surface area contributed by atoms with Crippen LogP contribution in [0.1, 0.15) is 0 Å². The van der Waals surface area contributed by atoms with Gasteiger partial charge >= 0.3 is 0 Å². The molecule has 0 fully saturated rings. The molecule has 0 N–H and O–H groups in total. The Labute approximate surface area is 328 Å². The second-order valence-corrected chi connectivity index (χ2v) is 18.9. The second-order valence-electron chi connectivity index (χ2n) is 14.2. The molecular weight excluding hydrogens is 742 g/mol. The molecule has 5 aromatic heterocycles. The van der Waals surface area contributed by atoms with E-state index in [1.807, 2.05) is 54.7 Å². The van der Waals surface area contributed by atoms with Crippen molar-refractivity contribution >= 4 is 130 Å². The van der Waals surface area contributed by atoms with Gasteiger partial charge in [0.25, 0.3) is 0 Å². The highest BCUT2D eigenvalue weighted by Gasteiger charge is 2.38. The molecule has 262 valence electrons. The number of para-hydroxylation sites is 2. The van der Waals surface area contributed by atoms with Crippen LogP contribution in [0, 0.1) is 0 Å². The number of benzene rings is 7. The summed E-state index contributed by atoms with van der Waals surface area (Å²) in [6, 6.07) is 56.4. The van der Waals surface area contributed by atoms with Crippen LogP contribution in [0.4, 0.5) is 0 Å². The zero-order valence-electron chi connectivity index (χ0n) is 29.7. The van der Waals surface area contributed by atoms with E-state index in [9.17, 15) is 0 Å². The third-order valence-corrected chi connectivity index (χ3v) is 16.5. The van der Waals surface area contributed by atoms with Gasteiger partial charge in [0, 0.05) is 89.8 Å². The highest BCUT2D eigenvalue weighted by atomic mass is 32.1. The molecular formula is C49H28N3OPS2. The maximum Gasteiger partial charge on any atom is 0.190 e. The van der Waals surface area contributed by atoms with Crippen LogP contribution >= 0.6 is 29.8 Å². The normalized spacial score (nSPS) is 13.2. The molecule has 0 aliphatic rings. The van der Waals surface area contributed by atoms with E-state index in [1.165, 1.54) is 0 Å². The molecule has 1 atom stereocenters. The molecule has 12 aromatic rings. The van der Waals surface area contributed by atoms with Gasteiger partial charge in [-0.3, -0.25) is 4.98 Å². The van der Waals surface area contributed by atoms with E-state index in [-0.39, 0.29) is 0 Å². The van der Waals surface area contributed by atoms with Crippen molar-refractivity contribution in [3.63, 3.8) is 0 Å². The second kappa shape index (κ2) is 12.1. The summed E-state index contributed by atoms with van der Waals surface area (Å²) in [7, 11) is -3.82. The van der Waals surface area contributed by atoms with E-state index in [4.69, 9.17) is 15.0 Å². The van der Waals surface area contributed by atoms with Crippen molar-refractivity contribution in [2.75, 3.05) is 0 Å². The molecule has 0 bridgehead atoms. The maximum absolute atomic E-state index is 17.6. The average Bonchev–Trinajstić information content (AvgIpc) is 3.84. The Morgan fingerprint density at radius 3 is 1.62 bits per heavy atom. The minimum Gasteiger partial charge on any atom is -0.307 e. The van der Waals surface area contributed by atoms with E-state index in [0.717, 1.165) is 106 Å². The summed E-state index contributed by atoms with van der Waals surface area (Å²) in [5.41, 5.74) is 6.17. The van der Waals surface area contributed by atoms with Crippen LogP contribution < -0.4 is 16.0 Å². The van der Waals surface area contributed by atoms with Gasteiger partial charge in [0.05, 0.1) is 22.1 Å². The smallest absolute Gasteiger partial charge is 0.190 e. The van der Waals surface area contributed by atoms with Gasteiger partial charge in [-0.2, -0.15) is 0 Å². The number of hydrogen-bond acceptors (Lipinski definition) is 6. The van der Waals surface area contributed by atoms with Crippen LogP contribution in [0.15, 0.2) is 170 Å². The lowest BCUT2D eigenvalue weighted by atomic mass is 9.96. The number of nitrogens with zero attached hydrogens (tertiary/aromatic N) is 3. The summed E-state index contributed by atoms with van der Waals surface area (Å²) in [5, 5.41) is 9.96. The number of pyridine rings is 1. The third-order valence-electron chi connectivity index (χ3n) is 11.1. The molecule has 12 rings (SSSR count). The van der Waals surface area contributed by atoms with Gasteiger partial charge in [-0.25, -0.2) is 9.97 Å². The first-order valence-corrected chi connectivity index (χ1v) is 21.9. The third kappa shape index (κ3) is 4.46. The number of rotatable bonds is 4. The standard InChI is InChI=1S/C49H28N3OPS2/c53-54(29-13-2-1-3-14-29,48-33-18-7-11-23-40(33)56-42-27-25-38-45(47(42)48)31-16-5-9-21-36(31)52-38)49-34(19-12-28-50-49)43-32-17-6-10-22-39(32)55-41-26-24-37-44(46(41)43)30-15-4-8-20-35(30)51-37/h1-28H. The van der Waals surface area contributed by atoms with Gasteiger partial charge in [-0.05, 0) is 54.6 Å². The SMILES string of the molecule is O=P(c1ccccc1)(c1ncccc1-c1c2ccccc2sc2ccc3nc4ccccc4c3c12)c1c2ccccc2sc2ccc3nc4ccccc4c3c12. The summed E-state index contributed by atoms with van der Waals surface area (Å²) in [6.45, 7) is 0. The fourth-order valence-corrected chi connectivity index (χ4v) is 14.3. The van der Waals surface area contributed by atoms with Crippen LogP contribution in [0.3, 0.4) is 0 Å². The lowest BCUT2D eigenvalue weighted by Crippen LogP contribution is -2.29. The summed E-state index contributed by atoms with van der Waals surface area (Å²) >= 11 is 3.51. The molecule has 0 spiro atoms. The Morgan fingerprint density at radius 1 is 0.411 bits per heavy atom. The molecule has 0 amide bonds. The van der Waals surface area contributed by atoms with Crippen molar-refractivity contribution in [1.29, 1.82) is 0 Å². The quantitative estimate of drug-likeness (QED) is 0.132. The minimum atomic E-state index is -3.82. The largest absolute Gasteiger partial charge is 0.307 e. The Balaban J connectivity index is 1.31. The predicted molar refractivity (Wildman–Crippen MR) is 240 cm³/mol. The Bertz CT molecular complexity index is 3650. The van der Waals surface area contributed by atoms with Gasteiger partial charge < -0.3 is 4.57 Å². The van der Waals surface area contributed by atoms with Crippen LogP contribution in [0.2, 0.25) is 0 Å². The van der Waals surface area contributed by atoms with Crippen LogP contribution in [-0.2, 0) is 4.57 Å². The fourth-order valence-electron chi connectivity index (χ4n) is 8.82. The molecule has 4 nitrogen and oxygen atoms in total. The molecule has 0 aliphatic heterocycles. The van der Waals surface area contributed by atoms with Crippen LogP contribution in [0.25, 0.3) is 95.1 Å². The Morgan fingerprint density at radius 2 is 0.946 bits per heavy atom. The first kappa shape index (κ1) is 32.0. The summed E-state index contributed by atoms with van der Waals surface area (Å²) < 4.78 is 22.0. The van der Waals surface area contributed by atoms with E-state index in [2.05, 4.69) is 115 Å². The molecule has 0 saturated heterocycles. The molecule has 0 aliphatic carbocycles. The fraction of sp³-hybridized carbons (Fsp3) is 0. The van der Waals surface area contributed by atoms with Crippen LogP contribution in [-0.4, -0.2) is 15.0 Å². The van der Waals surface area contributed by atoms with Crippen molar-refractivity contribution < 1.29 is 4.57 Å². The van der Waals surface area contributed by atoms with Crippen molar-refractivity contribution in [3.8, 4) is 11.1 Å². The molecule has 0 radical (unpaired) electrons. The Hall–Kier alpha value is -6.30. The van der Waals surface area contributed by atoms with Crippen molar-refractivity contribution in [3.05, 3.63) is 170 Å². The van der Waals surface area contributed by atoms with Crippen molar-refractivity contribution in [2.24, 2.45) is 0 Å². The summed E-state index contributed by atoms with van der Waals surface area (Å²) in [6.07, 6.45) is 1.81. The van der Waals surface area contributed by atoms with Gasteiger partial charge in [0.2, 0.25) is 0 Å². The molecule has 7 aromatic carbocycles. The first-order chi connectivity index (χ1) is 27.7. The molecule has 1 unspecified atom stereocenters. The predicted octanol–water partition coefficient (Wildman–Crippen LogP) is 12.5. The number of hydrogen-bond donors (Lipinski definition) is 0. The Kier molecular flexibility index (Phi) is 6.91. The van der Waals surface area contributed by atoms with Crippen LogP contribution in [0.5, 0.6) is 0 Å².